The molecular formula is C11H17OS+. The van der Waals surface area contributed by atoms with E-state index in [4.69, 9.17) is 0 Å². The summed E-state index contributed by atoms with van der Waals surface area (Å²) in [4.78, 5) is 1.34. The quantitative estimate of drug-likeness (QED) is 0.722. The summed E-state index contributed by atoms with van der Waals surface area (Å²) >= 11 is 0. The molecule has 0 aliphatic heterocycles. The number of benzene rings is 1. The molecule has 1 aromatic rings. The minimum absolute atomic E-state index is 0.280. The lowest BCUT2D eigenvalue weighted by Crippen LogP contribution is -1.98. The van der Waals surface area contributed by atoms with Crippen LogP contribution in [0.5, 0.6) is 5.75 Å². The Kier molecular flexibility index (Phi) is 3.26. The molecule has 0 spiro atoms. The molecule has 13 heavy (non-hydrogen) atoms. The summed E-state index contributed by atoms with van der Waals surface area (Å²) in [6.07, 6.45) is 5.30. The van der Waals surface area contributed by atoms with Crippen molar-refractivity contribution in [2.24, 2.45) is 0 Å². The maximum atomic E-state index is 9.71. The largest absolute Gasteiger partial charge is 0.507 e. The Balaban J connectivity index is 3.22. The second-order valence-electron chi connectivity index (χ2n) is 3.42. The van der Waals surface area contributed by atoms with E-state index in [1.165, 1.54) is 4.90 Å². The third-order valence-electron chi connectivity index (χ3n) is 2.21. The van der Waals surface area contributed by atoms with Crippen molar-refractivity contribution in [2.75, 3.05) is 12.5 Å². The van der Waals surface area contributed by atoms with Crippen molar-refractivity contribution >= 4 is 10.9 Å². The van der Waals surface area contributed by atoms with E-state index in [-0.39, 0.29) is 10.9 Å². The summed E-state index contributed by atoms with van der Waals surface area (Å²) in [6.45, 7) is 4.03. The highest BCUT2D eigenvalue weighted by molar-refractivity contribution is 7.95. The molecule has 0 aromatic heterocycles. The molecule has 0 fully saturated rings. The number of phenolic OH excluding ortho intramolecular Hbond substituents is 1. The van der Waals surface area contributed by atoms with Crippen molar-refractivity contribution in [2.45, 2.75) is 25.2 Å². The van der Waals surface area contributed by atoms with Crippen LogP contribution in [0.15, 0.2) is 17.0 Å². The highest BCUT2D eigenvalue weighted by Gasteiger charge is 2.13. The first kappa shape index (κ1) is 10.5. The Morgan fingerprint density at radius 2 is 1.92 bits per heavy atom. The smallest absolute Gasteiger partial charge is 0.155 e. The lowest BCUT2D eigenvalue weighted by atomic mass is 10.1. The van der Waals surface area contributed by atoms with Crippen LogP contribution < -0.4 is 0 Å². The van der Waals surface area contributed by atoms with Crippen LogP contribution in [0.3, 0.4) is 0 Å². The molecule has 0 amide bonds. The van der Waals surface area contributed by atoms with Crippen LogP contribution in [0.2, 0.25) is 0 Å². The summed E-state index contributed by atoms with van der Waals surface area (Å²) in [6, 6.07) is 4.20. The molecule has 1 nitrogen and oxygen atoms in total. The first-order valence-corrected chi connectivity index (χ1v) is 6.50. The molecule has 0 unspecified atom stereocenters. The highest BCUT2D eigenvalue weighted by Crippen LogP contribution is 2.26. The minimum Gasteiger partial charge on any atom is -0.507 e. The summed E-state index contributed by atoms with van der Waals surface area (Å²) in [5.41, 5.74) is 2.06. The SMILES string of the molecule is CCc1cc([S+](C)C)cc(C)c1O. The van der Waals surface area contributed by atoms with E-state index >= 15 is 0 Å². The van der Waals surface area contributed by atoms with Crippen LogP contribution in [0.1, 0.15) is 18.1 Å². The Labute approximate surface area is 83.1 Å². The van der Waals surface area contributed by atoms with Crippen LogP contribution in [0.4, 0.5) is 0 Å². The molecule has 1 rings (SSSR count). The number of phenols is 1. The molecular weight excluding hydrogens is 180 g/mol. The van der Waals surface area contributed by atoms with Crippen molar-refractivity contribution < 1.29 is 5.11 Å². The van der Waals surface area contributed by atoms with E-state index in [1.807, 2.05) is 6.92 Å². The van der Waals surface area contributed by atoms with E-state index in [2.05, 4.69) is 31.6 Å². The molecule has 72 valence electrons. The van der Waals surface area contributed by atoms with Gasteiger partial charge in [0.05, 0.1) is 0 Å². The average molecular weight is 197 g/mol. The van der Waals surface area contributed by atoms with Gasteiger partial charge < -0.3 is 5.11 Å². The Hall–Kier alpha value is -0.630. The van der Waals surface area contributed by atoms with Crippen molar-refractivity contribution in [1.29, 1.82) is 0 Å². The maximum Gasteiger partial charge on any atom is 0.155 e. The number of aryl methyl sites for hydroxylation is 2. The Bertz CT molecular complexity index is 305. The topological polar surface area (TPSA) is 20.2 Å². The molecule has 2 heteroatoms. The molecule has 0 saturated heterocycles. The Morgan fingerprint density at radius 1 is 1.31 bits per heavy atom. The van der Waals surface area contributed by atoms with E-state index in [0.717, 1.165) is 17.5 Å². The third kappa shape index (κ3) is 2.19. The first-order valence-electron chi connectivity index (χ1n) is 4.46. The zero-order chi connectivity index (χ0) is 10.0. The molecule has 0 radical (unpaired) electrons. The Morgan fingerprint density at radius 3 is 2.38 bits per heavy atom. The lowest BCUT2D eigenvalue weighted by molar-refractivity contribution is 0.464. The zero-order valence-electron chi connectivity index (χ0n) is 8.72. The number of hydrogen-bond acceptors (Lipinski definition) is 1. The molecule has 0 heterocycles. The van der Waals surface area contributed by atoms with Crippen LogP contribution in [0.25, 0.3) is 0 Å². The van der Waals surface area contributed by atoms with Crippen molar-refractivity contribution in [3.05, 3.63) is 23.3 Å². The van der Waals surface area contributed by atoms with Gasteiger partial charge in [0.15, 0.2) is 4.90 Å². The van der Waals surface area contributed by atoms with Gasteiger partial charge in [0.25, 0.3) is 0 Å². The fourth-order valence-electron chi connectivity index (χ4n) is 1.32. The molecule has 1 aromatic carbocycles. The standard InChI is InChI=1S/C11H16OS/c1-5-9-7-10(13(3)4)6-8(2)11(9)12/h6-7H,5H2,1-4H3/p+1. The van der Waals surface area contributed by atoms with Gasteiger partial charge in [-0.2, -0.15) is 0 Å². The lowest BCUT2D eigenvalue weighted by Gasteiger charge is -2.06. The molecule has 0 bridgehead atoms. The van der Waals surface area contributed by atoms with E-state index in [1.54, 1.807) is 0 Å². The first-order chi connectivity index (χ1) is 6.06. The maximum absolute atomic E-state index is 9.71. The van der Waals surface area contributed by atoms with Gasteiger partial charge in [-0.3, -0.25) is 0 Å². The van der Waals surface area contributed by atoms with Crippen LogP contribution in [-0.4, -0.2) is 17.6 Å². The van der Waals surface area contributed by atoms with E-state index in [0.29, 0.717) is 5.75 Å². The highest BCUT2D eigenvalue weighted by atomic mass is 32.2. The van der Waals surface area contributed by atoms with Gasteiger partial charge in [-0.15, -0.1) is 0 Å². The van der Waals surface area contributed by atoms with Gasteiger partial charge in [0.1, 0.15) is 18.3 Å². The fraction of sp³-hybridized carbons (Fsp3) is 0.455. The van der Waals surface area contributed by atoms with Crippen molar-refractivity contribution in [1.82, 2.24) is 0 Å². The van der Waals surface area contributed by atoms with Gasteiger partial charge in [-0.25, -0.2) is 0 Å². The van der Waals surface area contributed by atoms with Gasteiger partial charge in [0, 0.05) is 17.0 Å². The van der Waals surface area contributed by atoms with Crippen LogP contribution >= 0.6 is 0 Å². The second kappa shape index (κ2) is 4.05. The summed E-state index contributed by atoms with van der Waals surface area (Å²) < 4.78 is 0. The van der Waals surface area contributed by atoms with Crippen molar-refractivity contribution in [3.8, 4) is 5.75 Å². The van der Waals surface area contributed by atoms with Crippen LogP contribution in [-0.2, 0) is 17.3 Å². The average Bonchev–Trinajstić information content (AvgIpc) is 2.09. The number of aromatic hydroxyl groups is 1. The van der Waals surface area contributed by atoms with Crippen molar-refractivity contribution in [3.63, 3.8) is 0 Å². The predicted octanol–water partition coefficient (Wildman–Crippen LogP) is 2.50. The molecule has 0 aliphatic carbocycles. The van der Waals surface area contributed by atoms with Crippen LogP contribution in [0, 0.1) is 6.92 Å². The van der Waals surface area contributed by atoms with Gasteiger partial charge >= 0.3 is 0 Å². The zero-order valence-corrected chi connectivity index (χ0v) is 9.53. The molecule has 0 saturated carbocycles. The number of rotatable bonds is 2. The molecule has 0 aliphatic rings. The van der Waals surface area contributed by atoms with Gasteiger partial charge in [-0.05, 0) is 30.5 Å². The third-order valence-corrected chi connectivity index (χ3v) is 3.38. The summed E-state index contributed by atoms with van der Waals surface area (Å²) in [7, 11) is 0.280. The molecule has 1 N–H and O–H groups in total. The second-order valence-corrected chi connectivity index (χ2v) is 5.52. The van der Waals surface area contributed by atoms with Gasteiger partial charge in [0.2, 0.25) is 0 Å². The van der Waals surface area contributed by atoms with Gasteiger partial charge in [-0.1, -0.05) is 6.92 Å². The monoisotopic (exact) mass is 197 g/mol. The summed E-state index contributed by atoms with van der Waals surface area (Å²) in [5, 5.41) is 9.71. The minimum atomic E-state index is 0.280. The van der Waals surface area contributed by atoms with E-state index in [9.17, 15) is 5.11 Å². The predicted molar refractivity (Wildman–Crippen MR) is 59.7 cm³/mol. The number of hydrogen-bond donors (Lipinski definition) is 1. The fourth-order valence-corrected chi connectivity index (χ4v) is 2.11. The normalized spacial score (nSPS) is 10.8. The van der Waals surface area contributed by atoms with E-state index < -0.39 is 0 Å². The summed E-state index contributed by atoms with van der Waals surface area (Å²) in [5.74, 6) is 0.469. The molecule has 0 atom stereocenters.